The highest BCUT2D eigenvalue weighted by atomic mass is 32.2. The Kier molecular flexibility index (Phi) is 7.16. The Labute approximate surface area is 221 Å². The van der Waals surface area contributed by atoms with Crippen LogP contribution in [-0.2, 0) is 20.9 Å². The number of hydrogen-bond donors (Lipinski definition) is 4. The molecule has 3 unspecified atom stereocenters. The summed E-state index contributed by atoms with van der Waals surface area (Å²) in [4.78, 5) is 41.3. The second-order valence-electron chi connectivity index (χ2n) is 9.23. The summed E-state index contributed by atoms with van der Waals surface area (Å²) in [6.07, 6.45) is 6.11. The predicted molar refractivity (Wildman–Crippen MR) is 134 cm³/mol. The normalized spacial score (nSPS) is 27.9. The molecular weight excluding hydrogens is 518 g/mol. The molecule has 0 aliphatic carbocycles. The van der Waals surface area contributed by atoms with Crippen molar-refractivity contribution in [2.75, 3.05) is 19.3 Å². The standard InChI is InChI=1S/C23H27N7O5S2/c1-28-6-3-5-15(28)12-4-2-7-29(8-12)9-13-10-36-21-17(20(32)30(21)18(13)22(33)34)26-19(31)16(27-35)14-11-37-23(24)25-14/h2,4,7-8,11,15,17,21,23,25H,3,5-6,9-10,24H2,1H3,(H2-,26,31,33,34,35)/t15?,17-,21?,23?/m1/s1. The van der Waals surface area contributed by atoms with E-state index in [9.17, 15) is 24.7 Å². The van der Waals surface area contributed by atoms with Crippen LogP contribution in [0.5, 0.6) is 0 Å². The Morgan fingerprint density at radius 2 is 2.24 bits per heavy atom. The van der Waals surface area contributed by atoms with Gasteiger partial charge in [-0.25, -0.2) is 4.57 Å². The molecule has 2 saturated heterocycles. The number of amides is 2. The van der Waals surface area contributed by atoms with Gasteiger partial charge >= 0.3 is 0 Å². The van der Waals surface area contributed by atoms with Crippen molar-refractivity contribution in [3.8, 4) is 0 Å². The van der Waals surface area contributed by atoms with Gasteiger partial charge in [0.25, 0.3) is 11.8 Å². The average molecular weight is 546 g/mol. The molecule has 0 bridgehead atoms. The van der Waals surface area contributed by atoms with Crippen LogP contribution in [0.3, 0.4) is 0 Å². The minimum absolute atomic E-state index is 0.159. The zero-order valence-corrected chi connectivity index (χ0v) is 21.6. The first-order chi connectivity index (χ1) is 17.8. The van der Waals surface area contributed by atoms with Crippen molar-refractivity contribution in [3.05, 3.63) is 52.5 Å². The van der Waals surface area contributed by atoms with E-state index in [1.54, 1.807) is 5.41 Å². The second kappa shape index (κ2) is 10.4. The van der Waals surface area contributed by atoms with Crippen molar-refractivity contribution < 1.29 is 29.3 Å². The number of pyridine rings is 1. The molecule has 0 spiro atoms. The van der Waals surface area contributed by atoms with E-state index >= 15 is 0 Å². The van der Waals surface area contributed by atoms with Crippen molar-refractivity contribution >= 4 is 47.0 Å². The van der Waals surface area contributed by atoms with E-state index < -0.39 is 34.7 Å². The monoisotopic (exact) mass is 545 g/mol. The molecule has 14 heteroatoms. The van der Waals surface area contributed by atoms with Crippen LogP contribution in [0.2, 0.25) is 0 Å². The summed E-state index contributed by atoms with van der Waals surface area (Å²) < 4.78 is 1.93. The molecule has 2 fully saturated rings. The number of carbonyl (C=O) groups excluding carboxylic acids is 3. The lowest BCUT2D eigenvalue weighted by Gasteiger charge is -2.50. The van der Waals surface area contributed by atoms with Gasteiger partial charge < -0.3 is 31.5 Å². The number of nitrogens with zero attached hydrogens (tertiary/aromatic N) is 4. The molecule has 4 aliphatic rings. The van der Waals surface area contributed by atoms with Crippen LogP contribution in [0.25, 0.3) is 0 Å². The van der Waals surface area contributed by atoms with Crippen LogP contribution in [-0.4, -0.2) is 74.8 Å². The predicted octanol–water partition coefficient (Wildman–Crippen LogP) is -1.60. The largest absolute Gasteiger partial charge is 0.543 e. The third kappa shape index (κ3) is 4.81. The van der Waals surface area contributed by atoms with Gasteiger partial charge in [-0.15, -0.1) is 11.8 Å². The molecule has 5 rings (SSSR count). The number of rotatable bonds is 7. The Bertz CT molecular complexity index is 1240. The molecule has 5 heterocycles. The Balaban J connectivity index is 1.31. The van der Waals surface area contributed by atoms with Gasteiger partial charge in [-0.1, -0.05) is 16.9 Å². The number of nitrogens with two attached hydrogens (primary N) is 1. The summed E-state index contributed by atoms with van der Waals surface area (Å²) in [5, 5.41) is 30.8. The lowest BCUT2D eigenvalue weighted by atomic mass is 10.0. The van der Waals surface area contributed by atoms with Crippen molar-refractivity contribution in [1.29, 1.82) is 0 Å². The zero-order valence-electron chi connectivity index (χ0n) is 20.0. The second-order valence-corrected chi connectivity index (χ2v) is 11.4. The minimum atomic E-state index is -1.44. The summed E-state index contributed by atoms with van der Waals surface area (Å²) in [5.41, 5.74) is 6.72. The quantitative estimate of drug-likeness (QED) is 0.103. The van der Waals surface area contributed by atoms with Crippen LogP contribution in [0.15, 0.2) is 52.1 Å². The molecule has 0 aromatic carbocycles. The molecule has 12 nitrogen and oxygen atoms in total. The number of hydrogen-bond acceptors (Lipinski definition) is 11. The van der Waals surface area contributed by atoms with Crippen LogP contribution < -0.4 is 26.0 Å². The number of carboxylic acids is 1. The Morgan fingerprint density at radius 1 is 1.43 bits per heavy atom. The summed E-state index contributed by atoms with van der Waals surface area (Å²) in [7, 11) is 2.10. The van der Waals surface area contributed by atoms with Gasteiger partial charge in [0.1, 0.15) is 16.9 Å². The van der Waals surface area contributed by atoms with Crippen molar-refractivity contribution in [2.24, 2.45) is 10.9 Å². The Morgan fingerprint density at radius 3 is 2.89 bits per heavy atom. The molecule has 196 valence electrons. The van der Waals surface area contributed by atoms with Gasteiger partial charge in [-0.2, -0.15) is 0 Å². The van der Waals surface area contributed by atoms with E-state index in [0.717, 1.165) is 24.9 Å². The topological polar surface area (TPSA) is 167 Å². The molecular formula is C23H27N7O5S2. The maximum absolute atomic E-state index is 13.0. The van der Waals surface area contributed by atoms with Crippen molar-refractivity contribution in [1.82, 2.24) is 20.4 Å². The summed E-state index contributed by atoms with van der Waals surface area (Å²) >= 11 is 2.57. The van der Waals surface area contributed by atoms with Gasteiger partial charge in [0.05, 0.1) is 17.4 Å². The van der Waals surface area contributed by atoms with Gasteiger partial charge in [0.15, 0.2) is 24.7 Å². The number of carbonyl (C=O) groups is 3. The van der Waals surface area contributed by atoms with E-state index in [-0.39, 0.29) is 17.1 Å². The van der Waals surface area contributed by atoms with Gasteiger partial charge in [-0.3, -0.25) is 19.4 Å². The average Bonchev–Trinajstić information content (AvgIpc) is 3.50. The fourth-order valence-electron chi connectivity index (χ4n) is 5.10. The number of likely N-dealkylation sites (tertiary alicyclic amines) is 1. The lowest BCUT2D eigenvalue weighted by Crippen LogP contribution is -2.71. The number of nitrogens with one attached hydrogen (secondary N) is 2. The zero-order chi connectivity index (χ0) is 26.3. The SMILES string of the molecule is CN1CCCC1c1ccc[n+](CC2=C(C(=O)[O-])N3C(=O)[C@@H](NC(=O)/C(=N\O)C4=CSC(N)N4)C3SC2)c1. The molecule has 0 saturated carbocycles. The van der Waals surface area contributed by atoms with Gasteiger partial charge in [0.2, 0.25) is 0 Å². The van der Waals surface area contributed by atoms with E-state index in [4.69, 9.17) is 5.73 Å². The number of fused-ring (bicyclic) bond motifs is 1. The lowest BCUT2D eigenvalue weighted by molar-refractivity contribution is -0.689. The summed E-state index contributed by atoms with van der Waals surface area (Å²) in [6.45, 7) is 1.34. The van der Waals surface area contributed by atoms with Crippen molar-refractivity contribution in [3.63, 3.8) is 0 Å². The molecule has 4 aliphatic heterocycles. The highest BCUT2D eigenvalue weighted by Crippen LogP contribution is 2.40. The third-order valence-corrected chi connectivity index (χ3v) is 9.01. The minimum Gasteiger partial charge on any atom is -0.543 e. The molecule has 2 amide bonds. The molecule has 5 N–H and O–H groups in total. The fraction of sp³-hybridized carbons (Fsp3) is 0.435. The van der Waals surface area contributed by atoms with Gasteiger partial charge in [-0.05, 0) is 32.5 Å². The number of β-lactam (4-membered cyclic amide) rings is 1. The molecule has 37 heavy (non-hydrogen) atoms. The van der Waals surface area contributed by atoms with E-state index in [2.05, 4.69) is 33.8 Å². The van der Waals surface area contributed by atoms with E-state index in [1.165, 1.54) is 28.4 Å². The van der Waals surface area contributed by atoms with Crippen LogP contribution in [0.4, 0.5) is 0 Å². The maximum Gasteiger partial charge on any atom is 0.276 e. The molecule has 1 aromatic heterocycles. The third-order valence-electron chi connectivity index (χ3n) is 6.89. The Hall–Kier alpha value is -3.07. The van der Waals surface area contributed by atoms with E-state index in [0.29, 0.717) is 23.9 Å². The first-order valence-corrected chi connectivity index (χ1v) is 13.8. The fourth-order valence-corrected chi connectivity index (χ4v) is 7.09. The van der Waals surface area contributed by atoms with Crippen LogP contribution in [0.1, 0.15) is 24.4 Å². The first-order valence-electron chi connectivity index (χ1n) is 11.8. The molecule has 4 atom stereocenters. The number of oxime groups is 1. The van der Waals surface area contributed by atoms with Crippen LogP contribution in [0, 0.1) is 0 Å². The number of aromatic nitrogens is 1. The maximum atomic E-state index is 13.0. The highest BCUT2D eigenvalue weighted by molar-refractivity contribution is 8.02. The number of carboxylic acid groups (broad SMARTS) is 1. The summed E-state index contributed by atoms with van der Waals surface area (Å²) in [5.74, 6) is -2.42. The van der Waals surface area contributed by atoms with Crippen molar-refractivity contribution in [2.45, 2.75) is 42.3 Å². The molecule has 1 aromatic rings. The molecule has 0 radical (unpaired) electrons. The highest BCUT2D eigenvalue weighted by Gasteiger charge is 2.53. The number of aliphatic carboxylic acids is 1. The van der Waals surface area contributed by atoms with Gasteiger partial charge in [0, 0.05) is 34.4 Å². The van der Waals surface area contributed by atoms with Crippen LogP contribution >= 0.6 is 23.5 Å². The van der Waals surface area contributed by atoms with E-state index in [1.807, 2.05) is 23.0 Å². The smallest absolute Gasteiger partial charge is 0.276 e. The number of thioether (sulfide) groups is 2. The first kappa shape index (κ1) is 25.6. The summed E-state index contributed by atoms with van der Waals surface area (Å²) in [6, 6.07) is 3.37.